The van der Waals surface area contributed by atoms with E-state index in [0.717, 1.165) is 37.1 Å². The first-order valence-corrected chi connectivity index (χ1v) is 8.46. The Kier molecular flexibility index (Phi) is 4.66. The second-order valence-electron chi connectivity index (χ2n) is 6.87. The second-order valence-corrected chi connectivity index (χ2v) is 6.87. The predicted octanol–water partition coefficient (Wildman–Crippen LogP) is 1.77. The Balaban J connectivity index is 1.55. The zero-order valence-electron chi connectivity index (χ0n) is 13.6. The van der Waals surface area contributed by atoms with Crippen LogP contribution in [0.15, 0.2) is 24.3 Å². The summed E-state index contributed by atoms with van der Waals surface area (Å²) in [7, 11) is 0. The molecule has 0 bridgehead atoms. The third-order valence-electron chi connectivity index (χ3n) is 4.84. The van der Waals surface area contributed by atoms with Gasteiger partial charge in [0, 0.05) is 24.2 Å². The fraction of sp³-hybridized carbons (Fsp3) is 0.556. The number of benzene rings is 1. The quantitative estimate of drug-likeness (QED) is 0.869. The zero-order chi connectivity index (χ0) is 16.4. The number of hydrogen-bond donors (Lipinski definition) is 2. The van der Waals surface area contributed by atoms with E-state index in [1.54, 1.807) is 0 Å². The highest BCUT2D eigenvalue weighted by molar-refractivity contribution is 5.94. The van der Waals surface area contributed by atoms with Gasteiger partial charge in [-0.25, -0.2) is 0 Å². The molecule has 23 heavy (non-hydrogen) atoms. The minimum Gasteiger partial charge on any atom is -0.339 e. The van der Waals surface area contributed by atoms with Gasteiger partial charge in [-0.2, -0.15) is 0 Å². The van der Waals surface area contributed by atoms with Crippen molar-refractivity contribution in [1.82, 2.24) is 4.90 Å². The Hall–Kier alpha value is -1.88. The molecule has 2 fully saturated rings. The molecule has 2 atom stereocenters. The summed E-state index contributed by atoms with van der Waals surface area (Å²) in [6.07, 6.45) is 3.39. The molecule has 3 N–H and O–H groups in total. The molecule has 1 saturated carbocycles. The third kappa shape index (κ3) is 3.91. The molecule has 5 nitrogen and oxygen atoms in total. The minimum absolute atomic E-state index is 0.104. The molecule has 2 amide bonds. The van der Waals surface area contributed by atoms with E-state index in [-0.39, 0.29) is 23.8 Å². The van der Waals surface area contributed by atoms with Crippen LogP contribution in [-0.2, 0) is 16.0 Å². The number of nitrogens with one attached hydrogen (secondary N) is 1. The van der Waals surface area contributed by atoms with Crippen molar-refractivity contribution in [2.75, 3.05) is 18.4 Å². The van der Waals surface area contributed by atoms with Crippen molar-refractivity contribution in [2.24, 2.45) is 17.6 Å². The van der Waals surface area contributed by atoms with Gasteiger partial charge in [-0.15, -0.1) is 0 Å². The van der Waals surface area contributed by atoms with Crippen LogP contribution in [0.1, 0.15) is 31.7 Å². The summed E-state index contributed by atoms with van der Waals surface area (Å²) < 4.78 is 0. The van der Waals surface area contributed by atoms with E-state index in [2.05, 4.69) is 12.2 Å². The highest BCUT2D eigenvalue weighted by atomic mass is 16.2. The van der Waals surface area contributed by atoms with Crippen LogP contribution in [0.25, 0.3) is 0 Å². The lowest BCUT2D eigenvalue weighted by Gasteiger charge is -2.21. The maximum Gasteiger partial charge on any atom is 0.227 e. The van der Waals surface area contributed by atoms with Gasteiger partial charge in [-0.05, 0) is 56.3 Å². The smallest absolute Gasteiger partial charge is 0.227 e. The predicted molar refractivity (Wildman–Crippen MR) is 89.8 cm³/mol. The minimum atomic E-state index is 0.104. The number of nitrogens with zero attached hydrogens (tertiary/aromatic N) is 1. The van der Waals surface area contributed by atoms with E-state index in [4.69, 9.17) is 5.73 Å². The second kappa shape index (κ2) is 6.71. The molecule has 2 aliphatic rings. The number of carbonyl (C=O) groups excluding carboxylic acids is 2. The van der Waals surface area contributed by atoms with Crippen LogP contribution in [-0.4, -0.2) is 35.8 Å². The number of likely N-dealkylation sites (tertiary alicyclic amines) is 1. The van der Waals surface area contributed by atoms with Gasteiger partial charge in [-0.3, -0.25) is 9.59 Å². The summed E-state index contributed by atoms with van der Waals surface area (Å²) in [5, 5.41) is 2.91. The monoisotopic (exact) mass is 315 g/mol. The first-order chi connectivity index (χ1) is 11.1. The molecule has 0 spiro atoms. The lowest BCUT2D eigenvalue weighted by molar-refractivity contribution is -0.131. The summed E-state index contributed by atoms with van der Waals surface area (Å²) in [5.74, 6) is 0.883. The number of rotatable bonds is 5. The van der Waals surface area contributed by atoms with E-state index in [0.29, 0.717) is 18.9 Å². The van der Waals surface area contributed by atoms with Crippen molar-refractivity contribution in [3.63, 3.8) is 0 Å². The molecule has 1 heterocycles. The molecule has 1 aromatic carbocycles. The number of hydrogen-bond acceptors (Lipinski definition) is 3. The highest BCUT2D eigenvalue weighted by Gasteiger charge is 2.31. The Morgan fingerprint density at radius 2 is 1.96 bits per heavy atom. The molecule has 1 saturated heterocycles. The molecule has 1 aliphatic carbocycles. The molecule has 5 heteroatoms. The topological polar surface area (TPSA) is 75.4 Å². The van der Waals surface area contributed by atoms with Gasteiger partial charge >= 0.3 is 0 Å². The average molecular weight is 315 g/mol. The molecule has 0 radical (unpaired) electrons. The molecule has 0 aromatic heterocycles. The fourth-order valence-corrected chi connectivity index (χ4v) is 3.23. The Morgan fingerprint density at radius 3 is 2.52 bits per heavy atom. The first-order valence-electron chi connectivity index (χ1n) is 8.46. The number of amides is 2. The summed E-state index contributed by atoms with van der Waals surface area (Å²) in [6.45, 7) is 3.50. The molecular weight excluding hydrogens is 290 g/mol. The van der Waals surface area contributed by atoms with Crippen LogP contribution in [0.3, 0.4) is 0 Å². The van der Waals surface area contributed by atoms with Gasteiger partial charge in [0.25, 0.3) is 0 Å². The van der Waals surface area contributed by atoms with Crippen LogP contribution >= 0.6 is 0 Å². The number of carbonyl (C=O) groups is 2. The SMILES string of the molecule is CC1CC(CN)CN1C(=O)Cc1ccc(NC(=O)C2CC2)cc1. The Morgan fingerprint density at radius 1 is 1.26 bits per heavy atom. The van der Waals surface area contributed by atoms with Crippen molar-refractivity contribution < 1.29 is 9.59 Å². The lowest BCUT2D eigenvalue weighted by atomic mass is 10.1. The standard InChI is InChI=1S/C18H25N3O2/c1-12-8-14(10-19)11-21(12)17(22)9-13-2-6-16(7-3-13)20-18(23)15-4-5-15/h2-3,6-7,12,14-15H,4-5,8-11,19H2,1H3,(H,20,23). The lowest BCUT2D eigenvalue weighted by Crippen LogP contribution is -2.35. The Bertz CT molecular complexity index is 580. The summed E-state index contributed by atoms with van der Waals surface area (Å²) in [5.41, 5.74) is 7.50. The number of anilines is 1. The van der Waals surface area contributed by atoms with Gasteiger partial charge in [0.1, 0.15) is 0 Å². The van der Waals surface area contributed by atoms with Crippen molar-refractivity contribution in [1.29, 1.82) is 0 Å². The van der Waals surface area contributed by atoms with Gasteiger partial charge in [0.15, 0.2) is 0 Å². The van der Waals surface area contributed by atoms with Gasteiger partial charge < -0.3 is 16.0 Å². The van der Waals surface area contributed by atoms with Crippen molar-refractivity contribution in [3.8, 4) is 0 Å². The Labute approximate surface area is 137 Å². The van der Waals surface area contributed by atoms with Gasteiger partial charge in [0.05, 0.1) is 6.42 Å². The van der Waals surface area contributed by atoms with Crippen LogP contribution < -0.4 is 11.1 Å². The van der Waals surface area contributed by atoms with Crippen LogP contribution in [0.2, 0.25) is 0 Å². The van der Waals surface area contributed by atoms with Crippen molar-refractivity contribution in [3.05, 3.63) is 29.8 Å². The molecule has 124 valence electrons. The van der Waals surface area contributed by atoms with Crippen LogP contribution in [0.4, 0.5) is 5.69 Å². The summed E-state index contributed by atoms with van der Waals surface area (Å²) in [4.78, 5) is 26.1. The number of nitrogens with two attached hydrogens (primary N) is 1. The maximum absolute atomic E-state index is 12.5. The van der Waals surface area contributed by atoms with E-state index in [1.807, 2.05) is 29.2 Å². The molecule has 1 aromatic rings. The van der Waals surface area contributed by atoms with Crippen molar-refractivity contribution in [2.45, 2.75) is 38.6 Å². The molecular formula is C18H25N3O2. The fourth-order valence-electron chi connectivity index (χ4n) is 3.23. The van der Waals surface area contributed by atoms with E-state index < -0.39 is 0 Å². The van der Waals surface area contributed by atoms with Crippen LogP contribution in [0.5, 0.6) is 0 Å². The van der Waals surface area contributed by atoms with E-state index in [9.17, 15) is 9.59 Å². The van der Waals surface area contributed by atoms with E-state index >= 15 is 0 Å². The average Bonchev–Trinajstić information content (AvgIpc) is 3.32. The summed E-state index contributed by atoms with van der Waals surface area (Å²) >= 11 is 0. The molecule has 3 rings (SSSR count). The zero-order valence-corrected chi connectivity index (χ0v) is 13.6. The first kappa shape index (κ1) is 16.0. The largest absolute Gasteiger partial charge is 0.339 e. The van der Waals surface area contributed by atoms with Crippen LogP contribution in [0, 0.1) is 11.8 Å². The highest BCUT2D eigenvalue weighted by Crippen LogP contribution is 2.30. The van der Waals surface area contributed by atoms with Gasteiger partial charge in [0.2, 0.25) is 11.8 Å². The molecule has 1 aliphatic heterocycles. The maximum atomic E-state index is 12.5. The third-order valence-corrected chi connectivity index (χ3v) is 4.84. The molecule has 2 unspecified atom stereocenters. The summed E-state index contributed by atoms with van der Waals surface area (Å²) in [6, 6.07) is 7.86. The van der Waals surface area contributed by atoms with E-state index in [1.165, 1.54) is 0 Å². The van der Waals surface area contributed by atoms with Gasteiger partial charge in [-0.1, -0.05) is 12.1 Å². The normalized spacial score (nSPS) is 23.8. The van der Waals surface area contributed by atoms with Crippen molar-refractivity contribution >= 4 is 17.5 Å².